The summed E-state index contributed by atoms with van der Waals surface area (Å²) in [6.45, 7) is 5.05. The molecule has 2 heterocycles. The van der Waals surface area contributed by atoms with Gasteiger partial charge in [0.2, 0.25) is 0 Å². The Kier molecular flexibility index (Phi) is 6.17. The lowest BCUT2D eigenvalue weighted by molar-refractivity contribution is -0.124. The van der Waals surface area contributed by atoms with Crippen molar-refractivity contribution in [3.63, 3.8) is 0 Å². The average molecular weight is 386 g/mol. The summed E-state index contributed by atoms with van der Waals surface area (Å²) in [5.41, 5.74) is 0.686. The number of carbonyl (C=O) groups excluding carboxylic acids is 2. The number of Topliss-reactive ketones (excluding diaryl/α,β-unsaturated/α-hetero) is 1. The Morgan fingerprint density at radius 1 is 1.21 bits per heavy atom. The van der Waals surface area contributed by atoms with Crippen molar-refractivity contribution in [2.45, 2.75) is 33.1 Å². The first-order valence-corrected chi connectivity index (χ1v) is 9.58. The maximum Gasteiger partial charge on any atom is 0.255 e. The van der Waals surface area contributed by atoms with Crippen LogP contribution in [-0.2, 0) is 4.79 Å². The molecule has 148 valence electrons. The molecule has 1 aliphatic rings. The minimum atomic E-state index is -0.574. The number of hydrogen-bond donors (Lipinski definition) is 0. The van der Waals surface area contributed by atoms with Crippen LogP contribution in [0.5, 0.6) is 0 Å². The van der Waals surface area contributed by atoms with E-state index in [-0.39, 0.29) is 28.9 Å². The summed E-state index contributed by atoms with van der Waals surface area (Å²) < 4.78 is 27.3. The smallest absolute Gasteiger partial charge is 0.255 e. The van der Waals surface area contributed by atoms with Gasteiger partial charge in [-0.05, 0) is 49.1 Å². The zero-order valence-electron chi connectivity index (χ0n) is 16.1. The molecule has 0 saturated carbocycles. The van der Waals surface area contributed by atoms with Gasteiger partial charge in [0.15, 0.2) is 0 Å². The molecule has 4 nitrogen and oxygen atoms in total. The molecule has 1 atom stereocenters. The third-order valence-electron chi connectivity index (χ3n) is 4.99. The summed E-state index contributed by atoms with van der Waals surface area (Å²) >= 11 is 0. The van der Waals surface area contributed by atoms with Crippen molar-refractivity contribution in [2.24, 2.45) is 11.8 Å². The van der Waals surface area contributed by atoms with Gasteiger partial charge in [-0.1, -0.05) is 13.8 Å². The van der Waals surface area contributed by atoms with Crippen molar-refractivity contribution in [3.05, 3.63) is 53.7 Å². The number of likely N-dealkylation sites (tertiary alicyclic amines) is 1. The normalized spacial score (nSPS) is 17.0. The molecule has 0 aliphatic carbocycles. The molecule has 1 aromatic heterocycles. The van der Waals surface area contributed by atoms with Crippen LogP contribution in [0.25, 0.3) is 11.3 Å². The number of halogens is 2. The van der Waals surface area contributed by atoms with Crippen molar-refractivity contribution >= 4 is 11.7 Å². The van der Waals surface area contributed by atoms with Gasteiger partial charge in [0.25, 0.3) is 5.91 Å². The van der Waals surface area contributed by atoms with Gasteiger partial charge in [0.05, 0.1) is 11.3 Å². The number of aromatic nitrogens is 1. The zero-order valence-corrected chi connectivity index (χ0v) is 16.1. The van der Waals surface area contributed by atoms with Crippen LogP contribution in [0.15, 0.2) is 36.5 Å². The van der Waals surface area contributed by atoms with E-state index in [0.717, 1.165) is 31.0 Å². The van der Waals surface area contributed by atoms with Crippen molar-refractivity contribution in [1.82, 2.24) is 9.88 Å². The van der Waals surface area contributed by atoms with Crippen LogP contribution in [0.3, 0.4) is 0 Å². The highest BCUT2D eigenvalue weighted by Crippen LogP contribution is 2.24. The molecule has 6 heteroatoms. The summed E-state index contributed by atoms with van der Waals surface area (Å²) in [6.07, 6.45) is 3.51. The molecule has 3 rings (SSSR count). The third kappa shape index (κ3) is 4.61. The van der Waals surface area contributed by atoms with E-state index in [1.807, 2.05) is 13.8 Å². The molecule has 0 N–H and O–H groups in total. The predicted molar refractivity (Wildman–Crippen MR) is 103 cm³/mol. The Balaban J connectivity index is 1.72. The Morgan fingerprint density at radius 2 is 2.00 bits per heavy atom. The van der Waals surface area contributed by atoms with Gasteiger partial charge < -0.3 is 4.90 Å². The van der Waals surface area contributed by atoms with Gasteiger partial charge in [-0.15, -0.1) is 0 Å². The summed E-state index contributed by atoms with van der Waals surface area (Å²) in [6, 6.07) is 6.25. The number of ketones is 1. The first kappa shape index (κ1) is 20.1. The highest BCUT2D eigenvalue weighted by Gasteiger charge is 2.29. The van der Waals surface area contributed by atoms with E-state index in [9.17, 15) is 18.4 Å². The molecule has 1 amide bonds. The van der Waals surface area contributed by atoms with Crippen LogP contribution in [0.2, 0.25) is 0 Å². The number of benzene rings is 1. The molecule has 0 spiro atoms. The van der Waals surface area contributed by atoms with Crippen LogP contribution < -0.4 is 0 Å². The van der Waals surface area contributed by atoms with Gasteiger partial charge in [-0.2, -0.15) is 0 Å². The third-order valence-corrected chi connectivity index (χ3v) is 4.99. The van der Waals surface area contributed by atoms with Crippen LogP contribution in [-0.4, -0.2) is 34.7 Å². The molecule has 28 heavy (non-hydrogen) atoms. The van der Waals surface area contributed by atoms with E-state index in [2.05, 4.69) is 4.98 Å². The van der Waals surface area contributed by atoms with Gasteiger partial charge in [-0.25, -0.2) is 8.78 Å². The average Bonchev–Trinajstić information content (AvgIpc) is 2.69. The minimum absolute atomic E-state index is 0.0521. The van der Waals surface area contributed by atoms with Gasteiger partial charge in [0, 0.05) is 37.2 Å². The number of piperidine rings is 1. The van der Waals surface area contributed by atoms with Crippen molar-refractivity contribution in [2.75, 3.05) is 13.1 Å². The molecule has 0 radical (unpaired) electrons. The maximum absolute atomic E-state index is 13.9. The molecule has 1 fully saturated rings. The van der Waals surface area contributed by atoms with Gasteiger partial charge in [-0.3, -0.25) is 14.6 Å². The summed E-state index contributed by atoms with van der Waals surface area (Å²) in [7, 11) is 0. The summed E-state index contributed by atoms with van der Waals surface area (Å²) in [4.78, 5) is 31.0. The van der Waals surface area contributed by atoms with Crippen molar-refractivity contribution < 1.29 is 18.4 Å². The molecule has 0 unspecified atom stereocenters. The molecule has 1 aromatic carbocycles. The number of pyridine rings is 1. The van der Waals surface area contributed by atoms with Crippen molar-refractivity contribution in [3.8, 4) is 11.3 Å². The zero-order chi connectivity index (χ0) is 20.3. The van der Waals surface area contributed by atoms with Crippen LogP contribution in [0.1, 0.15) is 43.5 Å². The Labute approximate surface area is 163 Å². The largest absolute Gasteiger partial charge is 0.338 e. The van der Waals surface area contributed by atoms with E-state index >= 15 is 0 Å². The Hall–Kier alpha value is -2.63. The van der Waals surface area contributed by atoms with E-state index in [1.54, 1.807) is 11.0 Å². The fourth-order valence-corrected chi connectivity index (χ4v) is 3.55. The summed E-state index contributed by atoms with van der Waals surface area (Å²) in [5, 5.41) is 0. The van der Waals surface area contributed by atoms with E-state index < -0.39 is 11.6 Å². The first-order valence-electron chi connectivity index (χ1n) is 9.58. The van der Waals surface area contributed by atoms with E-state index in [1.165, 1.54) is 12.3 Å². The Bertz CT molecular complexity index is 865. The highest BCUT2D eigenvalue weighted by atomic mass is 19.1. The lowest BCUT2D eigenvalue weighted by atomic mass is 9.89. The predicted octanol–water partition coefficient (Wildman–Crippen LogP) is 4.49. The molecule has 1 saturated heterocycles. The fraction of sp³-hybridized carbons (Fsp3) is 0.409. The molecular formula is C22H24F2N2O2. The second kappa shape index (κ2) is 8.59. The number of carbonyl (C=O) groups is 2. The second-order valence-electron chi connectivity index (χ2n) is 7.71. The topological polar surface area (TPSA) is 50.3 Å². The van der Waals surface area contributed by atoms with Gasteiger partial charge >= 0.3 is 0 Å². The first-order chi connectivity index (χ1) is 13.3. The quantitative estimate of drug-likeness (QED) is 0.761. The van der Waals surface area contributed by atoms with E-state index in [0.29, 0.717) is 31.0 Å². The summed E-state index contributed by atoms with van der Waals surface area (Å²) in [5.74, 6) is -0.921. The maximum atomic E-state index is 13.9. The molecule has 1 aliphatic heterocycles. The fourth-order valence-electron chi connectivity index (χ4n) is 3.55. The molecule has 2 aromatic rings. The van der Waals surface area contributed by atoms with Crippen LogP contribution in [0.4, 0.5) is 8.78 Å². The molecule has 0 bridgehead atoms. The number of hydrogen-bond acceptors (Lipinski definition) is 3. The lowest BCUT2D eigenvalue weighted by Crippen LogP contribution is -2.42. The lowest BCUT2D eigenvalue weighted by Gasteiger charge is -2.32. The molecular weight excluding hydrogens is 362 g/mol. The number of amides is 1. The minimum Gasteiger partial charge on any atom is -0.338 e. The Morgan fingerprint density at radius 3 is 2.68 bits per heavy atom. The van der Waals surface area contributed by atoms with Crippen molar-refractivity contribution in [1.29, 1.82) is 0 Å². The van der Waals surface area contributed by atoms with E-state index in [4.69, 9.17) is 0 Å². The second-order valence-corrected chi connectivity index (χ2v) is 7.71. The highest BCUT2D eigenvalue weighted by molar-refractivity contribution is 5.94. The van der Waals surface area contributed by atoms with Gasteiger partial charge in [0.1, 0.15) is 17.4 Å². The SMILES string of the molecule is CC(C)CC(=O)[C@@H]1CCCN(C(=O)c2ccc(-c3cc(F)ccc3F)nc2)C1. The number of nitrogens with zero attached hydrogens (tertiary/aromatic N) is 2. The number of rotatable bonds is 5. The van der Waals surface area contributed by atoms with Crippen LogP contribution in [0, 0.1) is 23.5 Å². The standard InChI is InChI=1S/C22H24F2N2O2/c1-14(2)10-21(27)16-4-3-9-26(13-16)22(28)15-5-8-20(25-12-15)18-11-17(23)6-7-19(18)24/h5-8,11-12,14,16H,3-4,9-10,13H2,1-2H3/t16-/m1/s1. The van der Waals surface area contributed by atoms with Crippen LogP contribution >= 0.6 is 0 Å². The monoisotopic (exact) mass is 386 g/mol.